The lowest BCUT2D eigenvalue weighted by Crippen LogP contribution is -2.50. The molecule has 18 heavy (non-hydrogen) atoms. The van der Waals surface area contributed by atoms with Crippen LogP contribution in [0.1, 0.15) is 12.6 Å². The number of piperazine rings is 1. The molecule has 2 amide bonds. The van der Waals surface area contributed by atoms with Gasteiger partial charge in [-0.15, -0.1) is 0 Å². The minimum atomic E-state index is -0.255. The van der Waals surface area contributed by atoms with E-state index in [1.807, 2.05) is 19.1 Å². The number of amides is 2. The molecule has 1 aliphatic heterocycles. The molecule has 1 saturated heterocycles. The van der Waals surface area contributed by atoms with Gasteiger partial charge >= 0.3 is 0 Å². The molecule has 0 bridgehead atoms. The largest absolute Gasteiger partial charge is 0.385 e. The number of hydrogen-bond acceptors (Lipinski definition) is 5. The lowest BCUT2D eigenvalue weighted by Gasteiger charge is -2.24. The summed E-state index contributed by atoms with van der Waals surface area (Å²) in [6.07, 6.45) is 1.72. The van der Waals surface area contributed by atoms with Crippen LogP contribution in [0.15, 0.2) is 18.3 Å². The summed E-state index contributed by atoms with van der Waals surface area (Å²) in [5, 5.41) is 5.47. The fourth-order valence-electron chi connectivity index (χ4n) is 1.92. The molecule has 6 heteroatoms. The van der Waals surface area contributed by atoms with Gasteiger partial charge < -0.3 is 5.32 Å². The number of rotatable bonds is 4. The van der Waals surface area contributed by atoms with E-state index in [-0.39, 0.29) is 24.9 Å². The first kappa shape index (κ1) is 12.5. The van der Waals surface area contributed by atoms with Gasteiger partial charge in [0.25, 0.3) is 0 Å². The van der Waals surface area contributed by atoms with Crippen molar-refractivity contribution in [2.24, 2.45) is 0 Å². The molecule has 2 N–H and O–H groups in total. The summed E-state index contributed by atoms with van der Waals surface area (Å²) in [6.45, 7) is 3.83. The number of nitrogens with zero attached hydrogens (tertiary/aromatic N) is 2. The Hall–Kier alpha value is -1.95. The normalized spacial score (nSPS) is 16.5. The van der Waals surface area contributed by atoms with Crippen molar-refractivity contribution in [1.29, 1.82) is 0 Å². The van der Waals surface area contributed by atoms with Crippen molar-refractivity contribution in [3.63, 3.8) is 0 Å². The first-order valence-corrected chi connectivity index (χ1v) is 5.91. The Morgan fingerprint density at radius 1 is 1.39 bits per heavy atom. The first-order valence-electron chi connectivity index (χ1n) is 5.91. The van der Waals surface area contributed by atoms with Crippen LogP contribution in [0.2, 0.25) is 0 Å². The van der Waals surface area contributed by atoms with Crippen molar-refractivity contribution >= 4 is 17.5 Å². The third kappa shape index (κ3) is 3.27. The zero-order valence-electron chi connectivity index (χ0n) is 10.3. The van der Waals surface area contributed by atoms with Crippen LogP contribution in [0.3, 0.4) is 0 Å². The Bertz CT molecular complexity index is 445. The van der Waals surface area contributed by atoms with Crippen molar-refractivity contribution in [3.05, 3.63) is 24.0 Å². The van der Waals surface area contributed by atoms with Gasteiger partial charge in [-0.3, -0.25) is 24.8 Å². The van der Waals surface area contributed by atoms with Crippen LogP contribution >= 0.6 is 0 Å². The van der Waals surface area contributed by atoms with Gasteiger partial charge in [0.05, 0.1) is 18.8 Å². The van der Waals surface area contributed by atoms with Crippen LogP contribution in [-0.4, -0.2) is 41.3 Å². The molecule has 0 spiro atoms. The Kier molecular flexibility index (Phi) is 3.88. The highest BCUT2D eigenvalue weighted by atomic mass is 16.2. The number of pyridine rings is 1. The molecule has 0 saturated carbocycles. The summed E-state index contributed by atoms with van der Waals surface area (Å²) in [7, 11) is 0. The molecule has 1 aromatic rings. The van der Waals surface area contributed by atoms with E-state index >= 15 is 0 Å². The zero-order valence-corrected chi connectivity index (χ0v) is 10.3. The highest BCUT2D eigenvalue weighted by molar-refractivity contribution is 5.99. The Morgan fingerprint density at radius 2 is 2.11 bits per heavy atom. The van der Waals surface area contributed by atoms with E-state index in [1.165, 1.54) is 0 Å². The van der Waals surface area contributed by atoms with Gasteiger partial charge in [-0.2, -0.15) is 0 Å². The number of imide groups is 1. The second-order valence-corrected chi connectivity index (χ2v) is 4.18. The third-order valence-electron chi connectivity index (χ3n) is 2.60. The third-order valence-corrected chi connectivity index (χ3v) is 2.60. The van der Waals surface area contributed by atoms with Crippen LogP contribution in [0, 0.1) is 0 Å². The van der Waals surface area contributed by atoms with Crippen molar-refractivity contribution in [3.8, 4) is 0 Å². The number of carbonyl (C=O) groups is 2. The quantitative estimate of drug-likeness (QED) is 0.732. The van der Waals surface area contributed by atoms with Crippen molar-refractivity contribution in [2.75, 3.05) is 25.0 Å². The van der Waals surface area contributed by atoms with Crippen LogP contribution < -0.4 is 10.6 Å². The highest BCUT2D eigenvalue weighted by Gasteiger charge is 2.22. The number of anilines is 1. The molecule has 2 heterocycles. The van der Waals surface area contributed by atoms with E-state index in [9.17, 15) is 9.59 Å². The van der Waals surface area contributed by atoms with Crippen LogP contribution in [0.4, 0.5) is 5.69 Å². The monoisotopic (exact) mass is 248 g/mol. The van der Waals surface area contributed by atoms with Gasteiger partial charge in [0, 0.05) is 25.0 Å². The molecule has 0 aromatic carbocycles. The molecule has 2 rings (SSSR count). The fraction of sp³-hybridized carbons (Fsp3) is 0.417. The van der Waals surface area contributed by atoms with Gasteiger partial charge in [-0.25, -0.2) is 0 Å². The number of aromatic nitrogens is 1. The van der Waals surface area contributed by atoms with Crippen LogP contribution in [0.25, 0.3) is 0 Å². The summed E-state index contributed by atoms with van der Waals surface area (Å²) >= 11 is 0. The average Bonchev–Trinajstić information content (AvgIpc) is 2.28. The topological polar surface area (TPSA) is 74.3 Å². The first-order chi connectivity index (χ1) is 8.67. The van der Waals surface area contributed by atoms with Gasteiger partial charge in [0.2, 0.25) is 11.8 Å². The maximum atomic E-state index is 11.2. The highest BCUT2D eigenvalue weighted by Crippen LogP contribution is 2.10. The van der Waals surface area contributed by atoms with Crippen molar-refractivity contribution < 1.29 is 9.59 Å². The molecule has 1 aromatic heterocycles. The van der Waals surface area contributed by atoms with E-state index in [4.69, 9.17) is 0 Å². The summed E-state index contributed by atoms with van der Waals surface area (Å²) in [4.78, 5) is 28.5. The van der Waals surface area contributed by atoms with Gasteiger partial charge in [0.15, 0.2) is 0 Å². The number of hydrogen-bond donors (Lipinski definition) is 2. The number of carbonyl (C=O) groups excluding carboxylic acids is 2. The Morgan fingerprint density at radius 3 is 2.78 bits per heavy atom. The molecule has 0 aliphatic carbocycles. The smallest absolute Gasteiger partial charge is 0.240 e. The molecule has 0 atom stereocenters. The summed E-state index contributed by atoms with van der Waals surface area (Å²) in [6, 6.07) is 3.82. The molecule has 1 aliphatic rings. The summed E-state index contributed by atoms with van der Waals surface area (Å²) < 4.78 is 0. The van der Waals surface area contributed by atoms with Crippen LogP contribution in [-0.2, 0) is 16.1 Å². The molecular formula is C12H16N4O2. The second kappa shape index (κ2) is 5.59. The molecule has 96 valence electrons. The standard InChI is InChI=1S/C12H16N4O2/c1-2-13-9-3-4-14-10(5-9)6-16-7-11(17)15-12(18)8-16/h3-5H,2,6-8H2,1H3,(H,13,14)(H,15,17,18). The Balaban J connectivity index is 2.02. The molecule has 0 unspecified atom stereocenters. The maximum absolute atomic E-state index is 11.2. The molecular weight excluding hydrogens is 232 g/mol. The van der Waals surface area contributed by atoms with Gasteiger partial charge in [-0.1, -0.05) is 0 Å². The molecule has 0 radical (unpaired) electrons. The SMILES string of the molecule is CCNc1ccnc(CN2CC(=O)NC(=O)C2)c1. The van der Waals surface area contributed by atoms with Crippen molar-refractivity contribution in [1.82, 2.24) is 15.2 Å². The predicted octanol–water partition coefficient (Wildman–Crippen LogP) is -0.0282. The van der Waals surface area contributed by atoms with Crippen LogP contribution in [0.5, 0.6) is 0 Å². The zero-order chi connectivity index (χ0) is 13.0. The fourth-order valence-corrected chi connectivity index (χ4v) is 1.92. The predicted molar refractivity (Wildman–Crippen MR) is 66.8 cm³/mol. The molecule has 6 nitrogen and oxygen atoms in total. The summed E-state index contributed by atoms with van der Waals surface area (Å²) in [5.41, 5.74) is 1.84. The lowest BCUT2D eigenvalue weighted by atomic mass is 10.2. The molecule has 1 fully saturated rings. The second-order valence-electron chi connectivity index (χ2n) is 4.18. The minimum Gasteiger partial charge on any atom is -0.385 e. The van der Waals surface area contributed by atoms with Crippen molar-refractivity contribution in [2.45, 2.75) is 13.5 Å². The Labute approximate surface area is 105 Å². The van der Waals surface area contributed by atoms with Gasteiger partial charge in [-0.05, 0) is 19.1 Å². The maximum Gasteiger partial charge on any atom is 0.240 e. The average molecular weight is 248 g/mol. The van der Waals surface area contributed by atoms with E-state index in [2.05, 4.69) is 15.6 Å². The minimum absolute atomic E-state index is 0.235. The van der Waals surface area contributed by atoms with E-state index in [0.29, 0.717) is 6.54 Å². The van der Waals surface area contributed by atoms with Gasteiger partial charge in [0.1, 0.15) is 0 Å². The van der Waals surface area contributed by atoms with E-state index in [0.717, 1.165) is 17.9 Å². The number of nitrogens with one attached hydrogen (secondary N) is 2. The lowest BCUT2D eigenvalue weighted by molar-refractivity contribution is -0.136. The van der Waals surface area contributed by atoms with E-state index < -0.39 is 0 Å². The summed E-state index contributed by atoms with van der Waals surface area (Å²) in [5.74, 6) is -0.511. The van der Waals surface area contributed by atoms with E-state index in [1.54, 1.807) is 11.1 Å².